The molecule has 0 aromatic rings. The van der Waals surface area contributed by atoms with Gasteiger partial charge in [-0.2, -0.15) is 0 Å². The minimum atomic E-state index is 0.107. The van der Waals surface area contributed by atoms with E-state index in [1.165, 1.54) is 19.3 Å². The van der Waals surface area contributed by atoms with Crippen molar-refractivity contribution in [3.05, 3.63) is 23.4 Å². The lowest BCUT2D eigenvalue weighted by molar-refractivity contribution is -0.118. The first-order valence-corrected chi connectivity index (χ1v) is 6.22. The molecule has 0 unspecified atom stereocenters. The van der Waals surface area contributed by atoms with Gasteiger partial charge in [-0.15, -0.1) is 0 Å². The normalized spacial score (nSPS) is 22.2. The molecule has 1 amide bonds. The highest BCUT2D eigenvalue weighted by molar-refractivity contribution is 5.94. The van der Waals surface area contributed by atoms with Gasteiger partial charge >= 0.3 is 0 Å². The van der Waals surface area contributed by atoms with Crippen molar-refractivity contribution in [2.24, 2.45) is 5.73 Å². The molecule has 3 nitrogen and oxygen atoms in total. The van der Waals surface area contributed by atoms with Crippen LogP contribution in [0.1, 0.15) is 44.9 Å². The van der Waals surface area contributed by atoms with E-state index in [0.717, 1.165) is 37.0 Å². The molecule has 0 atom stereocenters. The Morgan fingerprint density at radius 2 is 1.94 bits per heavy atom. The van der Waals surface area contributed by atoms with Crippen molar-refractivity contribution in [1.29, 1.82) is 0 Å². The van der Waals surface area contributed by atoms with Crippen LogP contribution in [0.4, 0.5) is 0 Å². The Morgan fingerprint density at radius 3 is 2.56 bits per heavy atom. The molecule has 0 radical (unpaired) electrons. The van der Waals surface area contributed by atoms with Crippen molar-refractivity contribution in [2.45, 2.75) is 51.0 Å². The van der Waals surface area contributed by atoms with Crippen LogP contribution in [0, 0.1) is 0 Å². The van der Waals surface area contributed by atoms with Crippen molar-refractivity contribution in [1.82, 2.24) is 5.32 Å². The Balaban J connectivity index is 1.87. The minimum Gasteiger partial charge on any atom is -0.402 e. The maximum absolute atomic E-state index is 11.9. The topological polar surface area (TPSA) is 55.1 Å². The number of nitrogens with two attached hydrogens (primary N) is 1. The number of hydrogen-bond donors (Lipinski definition) is 2. The lowest BCUT2D eigenvalue weighted by atomic mass is 9.94. The van der Waals surface area contributed by atoms with Gasteiger partial charge in [0.15, 0.2) is 0 Å². The summed E-state index contributed by atoms with van der Waals surface area (Å²) in [5, 5.41) is 3.13. The summed E-state index contributed by atoms with van der Waals surface area (Å²) in [6.07, 6.45) is 11.4. The second-order valence-electron chi connectivity index (χ2n) is 4.74. The molecule has 0 saturated heterocycles. The lowest BCUT2D eigenvalue weighted by Crippen LogP contribution is -2.37. The van der Waals surface area contributed by atoms with Crippen molar-refractivity contribution in [3.63, 3.8) is 0 Å². The highest BCUT2D eigenvalue weighted by atomic mass is 16.1. The van der Waals surface area contributed by atoms with Gasteiger partial charge in [-0.1, -0.05) is 25.3 Å². The van der Waals surface area contributed by atoms with E-state index in [-0.39, 0.29) is 5.91 Å². The molecule has 2 aliphatic carbocycles. The monoisotopic (exact) mass is 220 g/mol. The molecule has 88 valence electrons. The molecular weight excluding hydrogens is 200 g/mol. The highest BCUT2D eigenvalue weighted by Crippen LogP contribution is 2.19. The first kappa shape index (κ1) is 11.2. The fourth-order valence-electron chi connectivity index (χ4n) is 2.37. The van der Waals surface area contributed by atoms with Gasteiger partial charge in [-0.05, 0) is 31.8 Å². The predicted molar refractivity (Wildman–Crippen MR) is 64.6 cm³/mol. The molecule has 0 aromatic carbocycles. The number of nitrogens with one attached hydrogen (secondary N) is 1. The van der Waals surface area contributed by atoms with Gasteiger partial charge < -0.3 is 11.1 Å². The Bertz CT molecular complexity index is 325. The maximum Gasteiger partial charge on any atom is 0.247 e. The molecule has 0 aliphatic heterocycles. The molecule has 3 N–H and O–H groups in total. The largest absolute Gasteiger partial charge is 0.402 e. The summed E-state index contributed by atoms with van der Waals surface area (Å²) in [6, 6.07) is 0.394. The second kappa shape index (κ2) is 5.19. The zero-order valence-corrected chi connectivity index (χ0v) is 9.67. The summed E-state index contributed by atoms with van der Waals surface area (Å²) in [5.74, 6) is 0.107. The van der Waals surface area contributed by atoms with Crippen LogP contribution in [0.5, 0.6) is 0 Å². The molecule has 0 aromatic heterocycles. The third-order valence-electron chi connectivity index (χ3n) is 3.41. The third-order valence-corrected chi connectivity index (χ3v) is 3.41. The van der Waals surface area contributed by atoms with Crippen molar-refractivity contribution >= 4 is 5.91 Å². The average Bonchev–Trinajstić information content (AvgIpc) is 2.31. The summed E-state index contributed by atoms with van der Waals surface area (Å²) < 4.78 is 0. The van der Waals surface area contributed by atoms with E-state index in [9.17, 15) is 4.79 Å². The van der Waals surface area contributed by atoms with E-state index >= 15 is 0 Å². The maximum atomic E-state index is 11.9. The zero-order valence-electron chi connectivity index (χ0n) is 9.67. The molecule has 1 fully saturated rings. The van der Waals surface area contributed by atoms with Gasteiger partial charge in [0.2, 0.25) is 5.91 Å². The van der Waals surface area contributed by atoms with Crippen LogP contribution in [0.3, 0.4) is 0 Å². The Morgan fingerprint density at radius 1 is 1.19 bits per heavy atom. The number of amides is 1. The van der Waals surface area contributed by atoms with E-state index in [4.69, 9.17) is 5.73 Å². The van der Waals surface area contributed by atoms with Gasteiger partial charge in [0, 0.05) is 17.3 Å². The van der Waals surface area contributed by atoms with Gasteiger partial charge in [-0.3, -0.25) is 4.79 Å². The molecule has 16 heavy (non-hydrogen) atoms. The zero-order chi connectivity index (χ0) is 11.4. The lowest BCUT2D eigenvalue weighted by Gasteiger charge is -2.23. The smallest absolute Gasteiger partial charge is 0.247 e. The van der Waals surface area contributed by atoms with E-state index in [0.29, 0.717) is 6.04 Å². The summed E-state index contributed by atoms with van der Waals surface area (Å²) in [6.45, 7) is 0. The Labute approximate surface area is 96.8 Å². The number of carbonyl (C=O) groups excluding carboxylic acids is 1. The molecular formula is C13H20N2O. The molecule has 0 heterocycles. The quantitative estimate of drug-likeness (QED) is 0.747. The van der Waals surface area contributed by atoms with Gasteiger partial charge in [0.25, 0.3) is 0 Å². The van der Waals surface area contributed by atoms with Crippen LogP contribution in [0.2, 0.25) is 0 Å². The standard InChI is InChI=1S/C13H20N2O/c14-11-8-6-10(7-9-11)13(16)15-12-4-2-1-3-5-12/h6,8,12H,1-5,7,9,14H2,(H,15,16). The molecule has 0 bridgehead atoms. The summed E-state index contributed by atoms with van der Waals surface area (Å²) in [5.41, 5.74) is 7.41. The molecule has 1 saturated carbocycles. The van der Waals surface area contributed by atoms with Crippen LogP contribution < -0.4 is 11.1 Å². The number of carbonyl (C=O) groups is 1. The fourth-order valence-corrected chi connectivity index (χ4v) is 2.37. The Hall–Kier alpha value is -1.25. The SMILES string of the molecule is NC1=CC=C(C(=O)NC2CCCCC2)CC1. The van der Waals surface area contributed by atoms with Crippen molar-refractivity contribution in [2.75, 3.05) is 0 Å². The predicted octanol–water partition coefficient (Wildman–Crippen LogP) is 2.00. The van der Waals surface area contributed by atoms with Crippen LogP contribution >= 0.6 is 0 Å². The number of allylic oxidation sites excluding steroid dienone is 3. The molecule has 2 rings (SSSR count). The van der Waals surface area contributed by atoms with Crippen LogP contribution in [0.25, 0.3) is 0 Å². The number of rotatable bonds is 2. The minimum absolute atomic E-state index is 0.107. The van der Waals surface area contributed by atoms with Gasteiger partial charge in [0.05, 0.1) is 0 Å². The summed E-state index contributed by atoms with van der Waals surface area (Å²) >= 11 is 0. The molecule has 3 heteroatoms. The molecule has 2 aliphatic rings. The third kappa shape index (κ3) is 2.87. The van der Waals surface area contributed by atoms with Crippen molar-refractivity contribution < 1.29 is 4.79 Å². The number of hydrogen-bond acceptors (Lipinski definition) is 2. The van der Waals surface area contributed by atoms with Gasteiger partial charge in [0.1, 0.15) is 0 Å². The first-order valence-electron chi connectivity index (χ1n) is 6.22. The summed E-state index contributed by atoms with van der Waals surface area (Å²) in [7, 11) is 0. The van der Waals surface area contributed by atoms with E-state index < -0.39 is 0 Å². The van der Waals surface area contributed by atoms with E-state index in [1.54, 1.807) is 0 Å². The Kier molecular flexibility index (Phi) is 3.65. The van der Waals surface area contributed by atoms with E-state index in [1.807, 2.05) is 12.2 Å². The average molecular weight is 220 g/mol. The van der Waals surface area contributed by atoms with Crippen LogP contribution in [0.15, 0.2) is 23.4 Å². The fraction of sp³-hybridized carbons (Fsp3) is 0.615. The summed E-state index contributed by atoms with van der Waals surface area (Å²) in [4.78, 5) is 11.9. The highest BCUT2D eigenvalue weighted by Gasteiger charge is 2.18. The molecule has 0 spiro atoms. The van der Waals surface area contributed by atoms with Crippen molar-refractivity contribution in [3.8, 4) is 0 Å². The van der Waals surface area contributed by atoms with Gasteiger partial charge in [-0.25, -0.2) is 0 Å². The van der Waals surface area contributed by atoms with Crippen LogP contribution in [-0.4, -0.2) is 11.9 Å². The van der Waals surface area contributed by atoms with Crippen LogP contribution in [-0.2, 0) is 4.79 Å². The first-order chi connectivity index (χ1) is 7.75. The second-order valence-corrected chi connectivity index (χ2v) is 4.74. The van der Waals surface area contributed by atoms with E-state index in [2.05, 4.69) is 5.32 Å².